The van der Waals surface area contributed by atoms with Crippen LogP contribution in [0.25, 0.3) is 22.4 Å². The monoisotopic (exact) mass is 304 g/mol. The molecule has 0 radical (unpaired) electrons. The molecule has 0 aliphatic carbocycles. The molecule has 1 aromatic heterocycles. The van der Waals surface area contributed by atoms with E-state index in [4.69, 9.17) is 23.2 Å². The van der Waals surface area contributed by atoms with Gasteiger partial charge in [0.05, 0.1) is 15.6 Å². The molecule has 4 heteroatoms. The minimum Gasteiger partial charge on any atom is -0.337 e. The van der Waals surface area contributed by atoms with Crippen LogP contribution in [0.4, 0.5) is 0 Å². The fourth-order valence-electron chi connectivity index (χ4n) is 2.19. The lowest BCUT2D eigenvalue weighted by Crippen LogP contribution is -1.87. The highest BCUT2D eigenvalue weighted by Crippen LogP contribution is 2.31. The Morgan fingerprint density at radius 3 is 2.20 bits per heavy atom. The van der Waals surface area contributed by atoms with Crippen molar-refractivity contribution in [2.75, 3.05) is 0 Å². The number of nitrogens with zero attached hydrogens (tertiary/aromatic N) is 1. The molecule has 0 saturated carbocycles. The van der Waals surface area contributed by atoms with Crippen molar-refractivity contribution in [1.29, 1.82) is 0 Å². The molecule has 0 bridgehead atoms. The second kappa shape index (κ2) is 5.12. The van der Waals surface area contributed by atoms with Crippen molar-refractivity contribution < 1.29 is 0 Å². The Morgan fingerprint density at radius 2 is 1.60 bits per heavy atom. The van der Waals surface area contributed by atoms with Gasteiger partial charge in [-0.1, -0.05) is 61.3 Å². The molecule has 0 amide bonds. The van der Waals surface area contributed by atoms with Crippen molar-refractivity contribution in [3.63, 3.8) is 0 Å². The number of aromatic amines is 1. The van der Waals surface area contributed by atoms with Gasteiger partial charge in [-0.2, -0.15) is 0 Å². The Morgan fingerprint density at radius 1 is 0.950 bits per heavy atom. The van der Waals surface area contributed by atoms with Gasteiger partial charge in [0.1, 0.15) is 11.3 Å². The summed E-state index contributed by atoms with van der Waals surface area (Å²) in [4.78, 5) is 7.79. The number of H-pyrrole nitrogens is 1. The van der Waals surface area contributed by atoms with Crippen LogP contribution in [0.5, 0.6) is 0 Å². The molecule has 3 rings (SSSR count). The Balaban J connectivity index is 2.10. The van der Waals surface area contributed by atoms with Gasteiger partial charge < -0.3 is 4.98 Å². The Bertz CT molecular complexity index is 719. The second-order valence-electron chi connectivity index (χ2n) is 5.11. The summed E-state index contributed by atoms with van der Waals surface area (Å²) in [5.41, 5.74) is 3.82. The fourth-order valence-corrected chi connectivity index (χ4v) is 2.59. The van der Waals surface area contributed by atoms with Crippen LogP contribution in [0.2, 0.25) is 10.0 Å². The maximum atomic E-state index is 6.17. The number of nitrogens with one attached hydrogen (secondary N) is 1. The number of halogens is 2. The maximum Gasteiger partial charge on any atom is 0.138 e. The largest absolute Gasteiger partial charge is 0.337 e. The number of imidazole rings is 1. The Labute approximate surface area is 127 Å². The molecule has 2 aromatic carbocycles. The van der Waals surface area contributed by atoms with Crippen LogP contribution in [0.3, 0.4) is 0 Å². The summed E-state index contributed by atoms with van der Waals surface area (Å²) in [6, 6.07) is 11.9. The Kier molecular flexibility index (Phi) is 3.45. The summed E-state index contributed by atoms with van der Waals surface area (Å²) < 4.78 is 0. The summed E-state index contributed by atoms with van der Waals surface area (Å²) >= 11 is 12.3. The normalized spacial score (nSPS) is 11.4. The fraction of sp³-hybridized carbons (Fsp3) is 0.188. The van der Waals surface area contributed by atoms with E-state index in [0.717, 1.165) is 16.9 Å². The van der Waals surface area contributed by atoms with Gasteiger partial charge in [0.2, 0.25) is 0 Å². The molecule has 0 unspecified atom stereocenters. The molecular weight excluding hydrogens is 291 g/mol. The molecule has 0 spiro atoms. The van der Waals surface area contributed by atoms with Crippen LogP contribution in [-0.4, -0.2) is 9.97 Å². The van der Waals surface area contributed by atoms with Crippen LogP contribution < -0.4 is 0 Å². The van der Waals surface area contributed by atoms with E-state index < -0.39 is 0 Å². The molecule has 1 N–H and O–H groups in total. The summed E-state index contributed by atoms with van der Waals surface area (Å²) in [6.07, 6.45) is 0. The first kappa shape index (κ1) is 13.5. The third kappa shape index (κ3) is 2.30. The van der Waals surface area contributed by atoms with Gasteiger partial charge in [-0.05, 0) is 23.6 Å². The molecule has 1 heterocycles. The van der Waals surface area contributed by atoms with Crippen LogP contribution in [0, 0.1) is 0 Å². The highest BCUT2D eigenvalue weighted by Gasteiger charge is 2.11. The van der Waals surface area contributed by atoms with Crippen LogP contribution >= 0.6 is 23.2 Å². The first-order chi connectivity index (χ1) is 9.56. The molecule has 0 atom stereocenters. The second-order valence-corrected chi connectivity index (χ2v) is 5.93. The van der Waals surface area contributed by atoms with Crippen molar-refractivity contribution in [1.82, 2.24) is 9.97 Å². The molecule has 20 heavy (non-hydrogen) atoms. The average Bonchev–Trinajstić information content (AvgIpc) is 2.89. The van der Waals surface area contributed by atoms with Gasteiger partial charge in [-0.15, -0.1) is 0 Å². The van der Waals surface area contributed by atoms with Crippen molar-refractivity contribution in [3.05, 3.63) is 52.0 Å². The first-order valence-electron chi connectivity index (χ1n) is 6.50. The highest BCUT2D eigenvalue weighted by molar-refractivity contribution is 6.39. The number of fused-ring (bicyclic) bond motifs is 1. The van der Waals surface area contributed by atoms with Crippen LogP contribution in [-0.2, 0) is 0 Å². The number of hydrogen-bond acceptors (Lipinski definition) is 1. The molecule has 0 aliphatic heterocycles. The average molecular weight is 305 g/mol. The minimum atomic E-state index is 0.517. The van der Waals surface area contributed by atoms with E-state index in [9.17, 15) is 0 Å². The van der Waals surface area contributed by atoms with E-state index >= 15 is 0 Å². The van der Waals surface area contributed by atoms with Gasteiger partial charge in [-0.25, -0.2) is 4.98 Å². The van der Waals surface area contributed by atoms with Crippen molar-refractivity contribution in [3.8, 4) is 11.4 Å². The van der Waals surface area contributed by atoms with E-state index in [1.54, 1.807) is 12.1 Å². The lowest BCUT2D eigenvalue weighted by atomic mass is 10.0. The van der Waals surface area contributed by atoms with Crippen molar-refractivity contribution in [2.24, 2.45) is 0 Å². The van der Waals surface area contributed by atoms with Gasteiger partial charge in [0, 0.05) is 5.56 Å². The van der Waals surface area contributed by atoms with Gasteiger partial charge in [-0.3, -0.25) is 0 Å². The number of aromatic nitrogens is 2. The smallest absolute Gasteiger partial charge is 0.138 e. The van der Waals surface area contributed by atoms with Gasteiger partial charge >= 0.3 is 0 Å². The lowest BCUT2D eigenvalue weighted by Gasteiger charge is -2.05. The van der Waals surface area contributed by atoms with E-state index in [0.29, 0.717) is 21.5 Å². The Hall–Kier alpha value is -1.51. The van der Waals surface area contributed by atoms with E-state index in [2.05, 4.69) is 48.1 Å². The summed E-state index contributed by atoms with van der Waals surface area (Å²) in [5, 5.41) is 1.23. The van der Waals surface area contributed by atoms with Crippen molar-refractivity contribution >= 4 is 34.2 Å². The zero-order valence-corrected chi connectivity index (χ0v) is 12.8. The number of rotatable bonds is 2. The third-order valence-electron chi connectivity index (χ3n) is 3.40. The van der Waals surface area contributed by atoms with Crippen LogP contribution in [0.15, 0.2) is 36.4 Å². The number of benzene rings is 2. The molecular formula is C16H14Cl2N2. The lowest BCUT2D eigenvalue weighted by molar-refractivity contribution is 0.867. The summed E-state index contributed by atoms with van der Waals surface area (Å²) in [7, 11) is 0. The predicted octanol–water partition coefficient (Wildman–Crippen LogP) is 5.66. The molecule has 102 valence electrons. The zero-order chi connectivity index (χ0) is 14.3. The molecule has 0 aliphatic rings. The van der Waals surface area contributed by atoms with Gasteiger partial charge in [0.15, 0.2) is 0 Å². The minimum absolute atomic E-state index is 0.517. The van der Waals surface area contributed by atoms with Crippen molar-refractivity contribution in [2.45, 2.75) is 19.8 Å². The quantitative estimate of drug-likeness (QED) is 0.650. The maximum absolute atomic E-state index is 6.17. The summed E-state index contributed by atoms with van der Waals surface area (Å²) in [6.45, 7) is 4.35. The zero-order valence-electron chi connectivity index (χ0n) is 11.2. The SMILES string of the molecule is CC(C)c1ccc(-c2nc3c(Cl)ccc(Cl)c3[nH]2)cc1. The van der Waals surface area contributed by atoms with Gasteiger partial charge in [0.25, 0.3) is 0 Å². The first-order valence-corrected chi connectivity index (χ1v) is 7.26. The predicted molar refractivity (Wildman–Crippen MR) is 85.6 cm³/mol. The third-order valence-corrected chi connectivity index (χ3v) is 4.02. The van der Waals surface area contributed by atoms with E-state index in [1.807, 2.05) is 0 Å². The van der Waals surface area contributed by atoms with Crippen LogP contribution in [0.1, 0.15) is 25.3 Å². The molecule has 0 saturated heterocycles. The molecule has 3 aromatic rings. The molecule has 2 nitrogen and oxygen atoms in total. The topological polar surface area (TPSA) is 28.7 Å². The standard InChI is InChI=1S/C16H14Cl2N2/c1-9(2)10-3-5-11(6-4-10)16-19-14-12(17)7-8-13(18)15(14)20-16/h3-9H,1-2H3,(H,19,20). The molecule has 0 fully saturated rings. The summed E-state index contributed by atoms with van der Waals surface area (Å²) in [5.74, 6) is 1.30. The van der Waals surface area contributed by atoms with E-state index in [1.165, 1.54) is 5.56 Å². The highest BCUT2D eigenvalue weighted by atomic mass is 35.5. The number of hydrogen-bond donors (Lipinski definition) is 1. The van der Waals surface area contributed by atoms with E-state index in [-0.39, 0.29) is 0 Å².